The zero-order valence-corrected chi connectivity index (χ0v) is 21.2. The lowest BCUT2D eigenvalue weighted by Gasteiger charge is -2.34. The van der Waals surface area contributed by atoms with E-state index in [0.717, 1.165) is 56.2 Å². The average molecular weight is 482 g/mol. The van der Waals surface area contributed by atoms with Crippen molar-refractivity contribution in [2.24, 2.45) is 5.92 Å². The van der Waals surface area contributed by atoms with Crippen molar-refractivity contribution in [3.05, 3.63) is 53.9 Å². The number of nitrogens with zero attached hydrogens (tertiary/aromatic N) is 5. The molecule has 5 rings (SSSR count). The molecule has 0 bridgehead atoms. The van der Waals surface area contributed by atoms with Crippen molar-refractivity contribution in [2.75, 3.05) is 58.2 Å². The highest BCUT2D eigenvalue weighted by atomic mass is 32.2. The van der Waals surface area contributed by atoms with E-state index in [1.165, 1.54) is 63.1 Å². The van der Waals surface area contributed by atoms with Crippen LogP contribution in [-0.4, -0.2) is 82.8 Å². The van der Waals surface area contributed by atoms with Gasteiger partial charge in [-0.3, -0.25) is 4.90 Å². The van der Waals surface area contributed by atoms with Crippen molar-refractivity contribution in [3.8, 4) is 0 Å². The van der Waals surface area contributed by atoms with Gasteiger partial charge >= 0.3 is 0 Å². The second-order valence-corrected chi connectivity index (χ2v) is 11.0. The van der Waals surface area contributed by atoms with E-state index in [0.29, 0.717) is 5.92 Å². The molecular formula is C27H39N5OS. The first kappa shape index (κ1) is 24.0. The Morgan fingerprint density at radius 1 is 0.912 bits per heavy atom. The molecule has 2 aliphatic heterocycles. The van der Waals surface area contributed by atoms with E-state index in [4.69, 9.17) is 14.9 Å². The van der Waals surface area contributed by atoms with E-state index in [1.807, 2.05) is 11.8 Å². The summed E-state index contributed by atoms with van der Waals surface area (Å²) in [5.74, 6) is 3.59. The van der Waals surface area contributed by atoms with Crippen LogP contribution in [0, 0.1) is 5.92 Å². The third kappa shape index (κ3) is 6.51. The molecule has 0 spiro atoms. The van der Waals surface area contributed by atoms with Gasteiger partial charge in [0.25, 0.3) is 0 Å². The van der Waals surface area contributed by atoms with Gasteiger partial charge in [-0.25, -0.2) is 0 Å². The first-order valence-electron chi connectivity index (χ1n) is 13.1. The highest BCUT2D eigenvalue weighted by Crippen LogP contribution is 2.31. The molecule has 7 heteroatoms. The molecule has 0 N–H and O–H groups in total. The minimum Gasteiger partial charge on any atom is -0.379 e. The summed E-state index contributed by atoms with van der Waals surface area (Å²) >= 11 is 1.86. The summed E-state index contributed by atoms with van der Waals surface area (Å²) < 4.78 is 7.90. The molecule has 3 heterocycles. The monoisotopic (exact) mass is 481 g/mol. The molecule has 0 saturated carbocycles. The summed E-state index contributed by atoms with van der Waals surface area (Å²) in [7, 11) is 0. The summed E-state index contributed by atoms with van der Waals surface area (Å²) in [6.07, 6.45) is 11.0. The number of rotatable bonds is 9. The second-order valence-electron chi connectivity index (χ2n) is 9.94. The molecule has 1 aliphatic carbocycles. The maximum absolute atomic E-state index is 5.49. The number of hydrogen-bond donors (Lipinski definition) is 0. The largest absolute Gasteiger partial charge is 0.379 e. The van der Waals surface area contributed by atoms with E-state index in [1.54, 1.807) is 0 Å². The fraction of sp³-hybridized carbons (Fsp3) is 0.630. The number of allylic oxidation sites excluding steroid dienone is 2. The number of hydrogen-bond acceptors (Lipinski definition) is 6. The van der Waals surface area contributed by atoms with Gasteiger partial charge in [0.1, 0.15) is 5.82 Å². The predicted molar refractivity (Wildman–Crippen MR) is 138 cm³/mol. The molecule has 1 aromatic carbocycles. The van der Waals surface area contributed by atoms with Gasteiger partial charge in [-0.1, -0.05) is 54.2 Å². The Balaban J connectivity index is 1.22. The van der Waals surface area contributed by atoms with E-state index in [-0.39, 0.29) is 0 Å². The van der Waals surface area contributed by atoms with E-state index in [2.05, 4.69) is 56.9 Å². The Morgan fingerprint density at radius 2 is 1.74 bits per heavy atom. The molecule has 34 heavy (non-hydrogen) atoms. The lowest BCUT2D eigenvalue weighted by atomic mass is 9.91. The molecular weight excluding hydrogens is 442 g/mol. The Bertz CT molecular complexity index is 903. The first-order valence-corrected chi connectivity index (χ1v) is 14.1. The van der Waals surface area contributed by atoms with Crippen LogP contribution in [0.4, 0.5) is 0 Å². The summed E-state index contributed by atoms with van der Waals surface area (Å²) in [6, 6.07) is 10.8. The molecule has 0 amide bonds. The van der Waals surface area contributed by atoms with Crippen molar-refractivity contribution in [2.45, 2.75) is 49.7 Å². The molecule has 0 radical (unpaired) electrons. The van der Waals surface area contributed by atoms with Gasteiger partial charge < -0.3 is 14.2 Å². The fourth-order valence-corrected chi connectivity index (χ4v) is 6.42. The van der Waals surface area contributed by atoms with Gasteiger partial charge in [0.05, 0.1) is 19.8 Å². The third-order valence-corrected chi connectivity index (χ3v) is 8.47. The van der Waals surface area contributed by atoms with Crippen LogP contribution in [-0.2, 0) is 11.3 Å². The van der Waals surface area contributed by atoms with Crippen LogP contribution in [0.1, 0.15) is 49.4 Å². The summed E-state index contributed by atoms with van der Waals surface area (Å²) in [5.41, 5.74) is 1.32. The summed E-state index contributed by atoms with van der Waals surface area (Å²) in [4.78, 5) is 5.18. The van der Waals surface area contributed by atoms with Crippen molar-refractivity contribution in [1.82, 2.24) is 24.6 Å². The van der Waals surface area contributed by atoms with Crippen LogP contribution in [0.2, 0.25) is 0 Å². The fourth-order valence-electron chi connectivity index (χ4n) is 5.48. The molecule has 1 atom stereocenters. The van der Waals surface area contributed by atoms with Crippen LogP contribution in [0.15, 0.2) is 47.6 Å². The molecule has 2 aromatic rings. The molecule has 184 valence electrons. The maximum atomic E-state index is 5.49. The van der Waals surface area contributed by atoms with Crippen LogP contribution in [0.5, 0.6) is 0 Å². The normalized spacial score (nSPS) is 22.9. The van der Waals surface area contributed by atoms with Crippen molar-refractivity contribution in [1.29, 1.82) is 0 Å². The molecule has 6 nitrogen and oxygen atoms in total. The average Bonchev–Trinajstić information content (AvgIpc) is 3.28. The van der Waals surface area contributed by atoms with Gasteiger partial charge in [-0.05, 0) is 56.7 Å². The number of ether oxygens (including phenoxy) is 1. The van der Waals surface area contributed by atoms with Gasteiger partial charge in [-0.2, -0.15) is 0 Å². The summed E-state index contributed by atoms with van der Waals surface area (Å²) in [6.45, 7) is 9.36. The predicted octanol–water partition coefficient (Wildman–Crippen LogP) is 4.29. The zero-order chi connectivity index (χ0) is 23.0. The number of likely N-dealkylation sites (tertiary alicyclic amines) is 1. The van der Waals surface area contributed by atoms with Gasteiger partial charge in [0.15, 0.2) is 5.16 Å². The number of aromatic nitrogens is 3. The number of benzene rings is 1. The van der Waals surface area contributed by atoms with E-state index in [9.17, 15) is 0 Å². The van der Waals surface area contributed by atoms with Crippen LogP contribution in [0.3, 0.4) is 0 Å². The van der Waals surface area contributed by atoms with Gasteiger partial charge in [-0.15, -0.1) is 10.2 Å². The van der Waals surface area contributed by atoms with Crippen LogP contribution >= 0.6 is 11.8 Å². The SMILES string of the molecule is C1=CC[C@H](CN2CCC(c3nnc(SCCN4CCOCC4)n3Cc3ccccc3)CC2)CC1. The minimum atomic E-state index is 0.507. The lowest BCUT2D eigenvalue weighted by Crippen LogP contribution is -2.37. The molecule has 0 unspecified atom stereocenters. The number of morpholine rings is 1. The van der Waals surface area contributed by atoms with Gasteiger partial charge in [0, 0.05) is 37.8 Å². The van der Waals surface area contributed by atoms with Crippen molar-refractivity contribution in [3.63, 3.8) is 0 Å². The molecule has 1 aromatic heterocycles. The lowest BCUT2D eigenvalue weighted by molar-refractivity contribution is 0.0410. The standard InChI is InChI=1S/C27H39N5OS/c1-3-7-23(8-4-1)21-31-13-11-25(12-14-31)26-28-29-27(32(26)22-24-9-5-2-6-10-24)34-20-17-30-15-18-33-19-16-30/h1-3,5-6,9-10,23,25H,4,7-8,11-22H2/t23-/m0/s1. The smallest absolute Gasteiger partial charge is 0.191 e. The molecule has 2 saturated heterocycles. The second kappa shape index (κ2) is 12.3. The zero-order valence-electron chi connectivity index (χ0n) is 20.4. The first-order chi connectivity index (χ1) is 16.8. The molecule has 2 fully saturated rings. The van der Waals surface area contributed by atoms with Crippen LogP contribution < -0.4 is 0 Å². The van der Waals surface area contributed by atoms with Crippen LogP contribution in [0.25, 0.3) is 0 Å². The van der Waals surface area contributed by atoms with Gasteiger partial charge in [0.2, 0.25) is 0 Å². The minimum absolute atomic E-state index is 0.507. The topological polar surface area (TPSA) is 46.4 Å². The number of thioether (sulfide) groups is 1. The molecule has 3 aliphatic rings. The Labute approximate surface area is 208 Å². The Morgan fingerprint density at radius 3 is 2.50 bits per heavy atom. The maximum Gasteiger partial charge on any atom is 0.191 e. The highest BCUT2D eigenvalue weighted by Gasteiger charge is 2.27. The Kier molecular flexibility index (Phi) is 8.73. The third-order valence-electron chi connectivity index (χ3n) is 7.52. The highest BCUT2D eigenvalue weighted by molar-refractivity contribution is 7.99. The van der Waals surface area contributed by atoms with Crippen molar-refractivity contribution >= 4 is 11.8 Å². The van der Waals surface area contributed by atoms with E-state index >= 15 is 0 Å². The quantitative estimate of drug-likeness (QED) is 0.393. The summed E-state index contributed by atoms with van der Waals surface area (Å²) in [5, 5.41) is 10.5. The van der Waals surface area contributed by atoms with E-state index < -0.39 is 0 Å². The van der Waals surface area contributed by atoms with Crippen molar-refractivity contribution < 1.29 is 4.74 Å². The number of piperidine rings is 1. The Hall–Kier alpha value is -1.67.